The van der Waals surface area contributed by atoms with Crippen molar-refractivity contribution in [1.82, 2.24) is 0 Å². The average Bonchev–Trinajstić information content (AvgIpc) is 2.93. The molecule has 0 fully saturated rings. The topological polar surface area (TPSA) is 59.0 Å². The van der Waals surface area contributed by atoms with Crippen LogP contribution in [0, 0.1) is 17.1 Å². The zero-order chi connectivity index (χ0) is 14.1. The Morgan fingerprint density at radius 3 is 2.75 bits per heavy atom. The summed E-state index contributed by atoms with van der Waals surface area (Å²) in [5.74, 6) is 0.443. The summed E-state index contributed by atoms with van der Waals surface area (Å²) in [5.41, 5.74) is 9.62. The second-order valence-corrected chi connectivity index (χ2v) is 4.77. The van der Waals surface area contributed by atoms with E-state index >= 15 is 0 Å². The molecule has 2 N–H and O–H groups in total. The van der Waals surface area contributed by atoms with Gasteiger partial charge in [-0.2, -0.15) is 5.26 Å². The van der Waals surface area contributed by atoms with Crippen molar-refractivity contribution < 1.29 is 9.13 Å². The summed E-state index contributed by atoms with van der Waals surface area (Å²) in [4.78, 5) is 0. The third-order valence-corrected chi connectivity index (χ3v) is 3.44. The average molecular weight is 268 g/mol. The van der Waals surface area contributed by atoms with Gasteiger partial charge in [-0.1, -0.05) is 0 Å². The molecule has 0 spiro atoms. The van der Waals surface area contributed by atoms with Crippen LogP contribution >= 0.6 is 0 Å². The Morgan fingerprint density at radius 2 is 2.00 bits per heavy atom. The molecule has 1 aliphatic rings. The first kappa shape index (κ1) is 12.6. The second-order valence-electron chi connectivity index (χ2n) is 4.77. The number of nitriles is 1. The first-order valence-corrected chi connectivity index (χ1v) is 6.41. The lowest BCUT2D eigenvalue weighted by Gasteiger charge is -2.10. The molecule has 0 radical (unpaired) electrons. The van der Waals surface area contributed by atoms with Gasteiger partial charge in [0, 0.05) is 18.5 Å². The van der Waals surface area contributed by atoms with Crippen LogP contribution < -0.4 is 10.5 Å². The summed E-state index contributed by atoms with van der Waals surface area (Å²) in [6.07, 6.45) is 0.830. The summed E-state index contributed by atoms with van der Waals surface area (Å²) in [5, 5.41) is 8.93. The molecule has 0 unspecified atom stereocenters. The van der Waals surface area contributed by atoms with Crippen molar-refractivity contribution in [1.29, 1.82) is 5.26 Å². The molecule has 2 aromatic rings. The van der Waals surface area contributed by atoms with E-state index in [9.17, 15) is 4.39 Å². The third-order valence-electron chi connectivity index (χ3n) is 3.44. The van der Waals surface area contributed by atoms with Gasteiger partial charge in [-0.15, -0.1) is 0 Å². The maximum absolute atomic E-state index is 13.6. The lowest BCUT2D eigenvalue weighted by molar-refractivity contribution is 0.353. The van der Waals surface area contributed by atoms with Gasteiger partial charge < -0.3 is 10.5 Å². The van der Waals surface area contributed by atoms with E-state index in [2.05, 4.69) is 0 Å². The molecule has 4 heteroatoms. The number of benzene rings is 2. The zero-order valence-corrected chi connectivity index (χ0v) is 10.8. The van der Waals surface area contributed by atoms with Gasteiger partial charge in [0.1, 0.15) is 11.6 Å². The van der Waals surface area contributed by atoms with Crippen molar-refractivity contribution in [2.45, 2.75) is 13.0 Å². The van der Waals surface area contributed by atoms with Gasteiger partial charge in [-0.25, -0.2) is 4.39 Å². The van der Waals surface area contributed by atoms with Crippen molar-refractivity contribution in [2.75, 3.05) is 6.61 Å². The largest absolute Gasteiger partial charge is 0.493 e. The van der Waals surface area contributed by atoms with Crippen LogP contribution in [0.5, 0.6) is 5.75 Å². The molecule has 0 atom stereocenters. The quantitative estimate of drug-likeness (QED) is 0.911. The highest BCUT2D eigenvalue weighted by molar-refractivity contribution is 5.69. The van der Waals surface area contributed by atoms with E-state index in [1.165, 1.54) is 12.1 Å². The van der Waals surface area contributed by atoms with Gasteiger partial charge in [-0.05, 0) is 47.0 Å². The first-order chi connectivity index (χ1) is 9.71. The van der Waals surface area contributed by atoms with Crippen molar-refractivity contribution in [3.8, 4) is 22.9 Å². The lowest BCUT2D eigenvalue weighted by Crippen LogP contribution is -2.00. The molecule has 3 rings (SSSR count). The monoisotopic (exact) mass is 268 g/mol. The Kier molecular flexibility index (Phi) is 3.13. The maximum atomic E-state index is 13.6. The summed E-state index contributed by atoms with van der Waals surface area (Å²) in [7, 11) is 0. The number of hydrogen-bond donors (Lipinski definition) is 1. The fourth-order valence-corrected chi connectivity index (χ4v) is 2.53. The number of fused-ring (bicyclic) bond motifs is 1. The SMILES string of the molecule is N#Cc1cc(F)cc(-c2cc(CN)c3c(c2)CCO3)c1. The van der Waals surface area contributed by atoms with Crippen molar-refractivity contribution >= 4 is 0 Å². The van der Waals surface area contributed by atoms with E-state index in [0.29, 0.717) is 24.3 Å². The highest BCUT2D eigenvalue weighted by Crippen LogP contribution is 2.34. The fourth-order valence-electron chi connectivity index (χ4n) is 2.53. The van der Waals surface area contributed by atoms with E-state index in [1.807, 2.05) is 18.2 Å². The molecule has 20 heavy (non-hydrogen) atoms. The van der Waals surface area contributed by atoms with Crippen LogP contribution in [0.2, 0.25) is 0 Å². The van der Waals surface area contributed by atoms with Crippen LogP contribution in [-0.4, -0.2) is 6.61 Å². The molecule has 3 nitrogen and oxygen atoms in total. The normalized spacial score (nSPS) is 12.7. The summed E-state index contributed by atoms with van der Waals surface area (Å²) < 4.78 is 19.1. The smallest absolute Gasteiger partial charge is 0.127 e. The van der Waals surface area contributed by atoms with Gasteiger partial charge in [-0.3, -0.25) is 0 Å². The predicted octanol–water partition coefficient (Wildman–Crippen LogP) is 2.76. The van der Waals surface area contributed by atoms with Crippen LogP contribution in [0.3, 0.4) is 0 Å². The van der Waals surface area contributed by atoms with Crippen molar-refractivity contribution in [3.05, 3.63) is 52.8 Å². The van der Waals surface area contributed by atoms with Crippen LogP contribution in [-0.2, 0) is 13.0 Å². The summed E-state index contributed by atoms with van der Waals surface area (Å²) in [6, 6.07) is 10.2. The summed E-state index contributed by atoms with van der Waals surface area (Å²) >= 11 is 0. The first-order valence-electron chi connectivity index (χ1n) is 6.41. The molecule has 1 aliphatic heterocycles. The summed E-state index contributed by atoms with van der Waals surface area (Å²) in [6.45, 7) is 1.02. The molecule has 0 saturated heterocycles. The standard InChI is InChI=1S/C16H13FN2O/c17-15-4-10(8-18)3-12(7-15)13-5-11-1-2-20-16(11)14(6-13)9-19/h3-7H,1-2,9,19H2. The Bertz CT molecular complexity index is 719. The Hall–Kier alpha value is -2.38. The zero-order valence-electron chi connectivity index (χ0n) is 10.8. The Morgan fingerprint density at radius 1 is 1.20 bits per heavy atom. The van der Waals surface area contributed by atoms with E-state index in [4.69, 9.17) is 15.7 Å². The van der Waals surface area contributed by atoms with Crippen LogP contribution in [0.25, 0.3) is 11.1 Å². The van der Waals surface area contributed by atoms with Crippen LogP contribution in [0.15, 0.2) is 30.3 Å². The molecule has 0 aromatic heterocycles. The van der Waals surface area contributed by atoms with Gasteiger partial charge in [0.05, 0.1) is 18.2 Å². The number of hydrogen-bond acceptors (Lipinski definition) is 3. The Balaban J connectivity index is 2.16. The number of ether oxygens (including phenoxy) is 1. The second kappa shape index (κ2) is 4.95. The minimum absolute atomic E-state index is 0.311. The number of rotatable bonds is 2. The fraction of sp³-hybridized carbons (Fsp3) is 0.188. The number of nitrogens with two attached hydrogens (primary N) is 1. The van der Waals surface area contributed by atoms with Crippen molar-refractivity contribution in [3.63, 3.8) is 0 Å². The number of halogens is 1. The molecule has 0 saturated carbocycles. The molecule has 100 valence electrons. The van der Waals surface area contributed by atoms with Gasteiger partial charge >= 0.3 is 0 Å². The van der Waals surface area contributed by atoms with E-state index in [0.717, 1.165) is 28.9 Å². The van der Waals surface area contributed by atoms with E-state index in [-0.39, 0.29) is 0 Å². The van der Waals surface area contributed by atoms with Gasteiger partial charge in [0.25, 0.3) is 0 Å². The third kappa shape index (κ3) is 2.13. The maximum Gasteiger partial charge on any atom is 0.127 e. The lowest BCUT2D eigenvalue weighted by atomic mass is 9.97. The number of nitrogens with zero attached hydrogens (tertiary/aromatic N) is 1. The predicted molar refractivity (Wildman–Crippen MR) is 73.6 cm³/mol. The highest BCUT2D eigenvalue weighted by atomic mass is 19.1. The van der Waals surface area contributed by atoms with Crippen molar-refractivity contribution in [2.24, 2.45) is 5.73 Å². The minimum atomic E-state index is -0.412. The molecule has 0 aliphatic carbocycles. The van der Waals surface area contributed by atoms with E-state index in [1.54, 1.807) is 6.07 Å². The van der Waals surface area contributed by atoms with E-state index < -0.39 is 5.82 Å². The molecule has 2 aromatic carbocycles. The molecular formula is C16H13FN2O. The molecule has 0 bridgehead atoms. The van der Waals surface area contributed by atoms with Gasteiger partial charge in [0.2, 0.25) is 0 Å². The van der Waals surface area contributed by atoms with Crippen LogP contribution in [0.1, 0.15) is 16.7 Å². The molecule has 0 amide bonds. The Labute approximate surface area is 116 Å². The molecule has 1 heterocycles. The van der Waals surface area contributed by atoms with Gasteiger partial charge in [0.15, 0.2) is 0 Å². The highest BCUT2D eigenvalue weighted by Gasteiger charge is 2.18. The molecular weight excluding hydrogens is 255 g/mol. The minimum Gasteiger partial charge on any atom is -0.493 e. The van der Waals surface area contributed by atoms with Crippen LogP contribution in [0.4, 0.5) is 4.39 Å².